The van der Waals surface area contributed by atoms with Crippen molar-refractivity contribution in [2.45, 2.75) is 12.6 Å². The molecule has 2 heterocycles. The second-order valence-corrected chi connectivity index (χ2v) is 6.45. The number of ether oxygens (including phenoxy) is 1. The Hall–Kier alpha value is -3.83. The Labute approximate surface area is 178 Å². The minimum atomic E-state index is -4.55. The van der Waals surface area contributed by atoms with Crippen molar-refractivity contribution < 1.29 is 31.5 Å². The van der Waals surface area contributed by atoms with Crippen molar-refractivity contribution in [1.82, 2.24) is 15.0 Å². The van der Waals surface area contributed by atoms with Crippen molar-refractivity contribution in [3.63, 3.8) is 0 Å². The van der Waals surface area contributed by atoms with Crippen molar-refractivity contribution in [3.05, 3.63) is 71.8 Å². The predicted octanol–water partition coefficient (Wildman–Crippen LogP) is 4.00. The molecule has 0 aliphatic carbocycles. The molecule has 2 N–H and O–H groups in total. The highest BCUT2D eigenvalue weighted by atomic mass is 19.4. The van der Waals surface area contributed by atoms with Gasteiger partial charge in [-0.3, -0.25) is 9.78 Å². The molecule has 0 bridgehead atoms. The van der Waals surface area contributed by atoms with Gasteiger partial charge < -0.3 is 15.4 Å². The van der Waals surface area contributed by atoms with Gasteiger partial charge in [-0.15, -0.1) is 0 Å². The predicted molar refractivity (Wildman–Crippen MR) is 104 cm³/mol. The van der Waals surface area contributed by atoms with Crippen LogP contribution in [0.15, 0.2) is 48.9 Å². The highest BCUT2D eigenvalue weighted by Crippen LogP contribution is 2.25. The third-order valence-electron chi connectivity index (χ3n) is 3.93. The Bertz CT molecular complexity index is 1070. The lowest BCUT2D eigenvalue weighted by atomic mass is 10.1. The van der Waals surface area contributed by atoms with E-state index in [1.807, 2.05) is 0 Å². The lowest BCUT2D eigenvalue weighted by Gasteiger charge is -2.13. The fourth-order valence-electron chi connectivity index (χ4n) is 2.59. The van der Waals surface area contributed by atoms with Gasteiger partial charge in [-0.25, -0.2) is 18.7 Å². The average molecular weight is 453 g/mol. The number of halogens is 5. The fraction of sp³-hybridized carbons (Fsp3) is 0.200. The summed E-state index contributed by atoms with van der Waals surface area (Å²) in [5.74, 6) is -2.24. The van der Waals surface area contributed by atoms with Crippen LogP contribution in [0.4, 0.5) is 33.6 Å². The average Bonchev–Trinajstić information content (AvgIpc) is 2.72. The molecule has 3 aromatic rings. The normalized spacial score (nSPS) is 11.2. The Kier molecular flexibility index (Phi) is 7.13. The number of pyridine rings is 1. The molecule has 0 aliphatic rings. The zero-order valence-electron chi connectivity index (χ0n) is 16.3. The van der Waals surface area contributed by atoms with Gasteiger partial charge in [0.1, 0.15) is 28.8 Å². The number of nitrogens with zero attached hydrogens (tertiary/aromatic N) is 3. The maximum atomic E-state index is 13.2. The van der Waals surface area contributed by atoms with E-state index in [2.05, 4.69) is 25.6 Å². The molecule has 0 saturated heterocycles. The number of alkyl halides is 3. The third kappa shape index (κ3) is 6.86. The largest absolute Gasteiger partial charge is 0.482 e. The molecule has 0 atom stereocenters. The fourth-order valence-corrected chi connectivity index (χ4v) is 2.59. The molecule has 0 fully saturated rings. The monoisotopic (exact) mass is 453 g/mol. The highest BCUT2D eigenvalue weighted by molar-refractivity contribution is 6.03. The van der Waals surface area contributed by atoms with E-state index in [0.717, 1.165) is 12.3 Å². The van der Waals surface area contributed by atoms with Gasteiger partial charge in [0, 0.05) is 31.1 Å². The van der Waals surface area contributed by atoms with Crippen molar-refractivity contribution in [3.8, 4) is 5.75 Å². The van der Waals surface area contributed by atoms with E-state index in [4.69, 9.17) is 4.74 Å². The SMILES string of the molecule is O=C(Nc1cnccc1OCC(F)(F)F)c1ccnc(NCCc2cc(F)cc(F)c2)n1. The topological polar surface area (TPSA) is 89.0 Å². The lowest BCUT2D eigenvalue weighted by molar-refractivity contribution is -0.153. The van der Waals surface area contributed by atoms with Gasteiger partial charge in [0.05, 0.1) is 6.20 Å². The molecule has 0 aliphatic heterocycles. The number of aromatic nitrogens is 3. The van der Waals surface area contributed by atoms with Crippen molar-refractivity contribution >= 4 is 17.5 Å². The minimum Gasteiger partial charge on any atom is -0.482 e. The van der Waals surface area contributed by atoms with Crippen LogP contribution < -0.4 is 15.4 Å². The summed E-state index contributed by atoms with van der Waals surface area (Å²) in [5.41, 5.74) is 0.278. The smallest absolute Gasteiger partial charge is 0.422 e. The Morgan fingerprint density at radius 1 is 1.06 bits per heavy atom. The van der Waals surface area contributed by atoms with Gasteiger partial charge in [-0.05, 0) is 30.2 Å². The van der Waals surface area contributed by atoms with Crippen LogP contribution in [0.25, 0.3) is 0 Å². The van der Waals surface area contributed by atoms with Crippen molar-refractivity contribution in [2.24, 2.45) is 0 Å². The number of carbonyl (C=O) groups is 1. The molecular formula is C20H16F5N5O2. The molecule has 168 valence electrons. The first-order chi connectivity index (χ1) is 15.2. The number of rotatable bonds is 8. The molecule has 12 heteroatoms. The number of benzene rings is 1. The van der Waals surface area contributed by atoms with E-state index in [-0.39, 0.29) is 36.0 Å². The zero-order valence-corrected chi connectivity index (χ0v) is 16.3. The molecule has 0 radical (unpaired) electrons. The summed E-state index contributed by atoms with van der Waals surface area (Å²) >= 11 is 0. The Morgan fingerprint density at radius 3 is 2.53 bits per heavy atom. The third-order valence-corrected chi connectivity index (χ3v) is 3.93. The van der Waals surface area contributed by atoms with Crippen LogP contribution in [0.3, 0.4) is 0 Å². The van der Waals surface area contributed by atoms with E-state index in [1.165, 1.54) is 36.7 Å². The van der Waals surface area contributed by atoms with E-state index in [9.17, 15) is 26.7 Å². The minimum absolute atomic E-state index is 0.0667. The van der Waals surface area contributed by atoms with Crippen LogP contribution in [0.1, 0.15) is 16.1 Å². The molecule has 2 aromatic heterocycles. The first kappa shape index (κ1) is 22.8. The van der Waals surface area contributed by atoms with E-state index < -0.39 is 30.3 Å². The molecule has 1 aromatic carbocycles. The summed E-state index contributed by atoms with van der Waals surface area (Å²) < 4.78 is 68.4. The molecule has 0 unspecified atom stereocenters. The number of hydrogen-bond acceptors (Lipinski definition) is 6. The number of nitrogens with one attached hydrogen (secondary N) is 2. The van der Waals surface area contributed by atoms with Crippen LogP contribution >= 0.6 is 0 Å². The molecule has 32 heavy (non-hydrogen) atoms. The summed E-state index contributed by atoms with van der Waals surface area (Å²) in [5, 5.41) is 5.22. The molecular weight excluding hydrogens is 437 g/mol. The molecule has 1 amide bonds. The van der Waals surface area contributed by atoms with Gasteiger partial charge in [-0.2, -0.15) is 13.2 Å². The van der Waals surface area contributed by atoms with Gasteiger partial charge >= 0.3 is 6.18 Å². The van der Waals surface area contributed by atoms with Crippen LogP contribution in [-0.2, 0) is 6.42 Å². The molecule has 0 spiro atoms. The molecule has 0 saturated carbocycles. The zero-order chi connectivity index (χ0) is 23.1. The van der Waals surface area contributed by atoms with Gasteiger partial charge in [-0.1, -0.05) is 0 Å². The second kappa shape index (κ2) is 9.98. The van der Waals surface area contributed by atoms with E-state index >= 15 is 0 Å². The Balaban J connectivity index is 1.62. The maximum Gasteiger partial charge on any atom is 0.422 e. The summed E-state index contributed by atoms with van der Waals surface area (Å²) in [6.07, 6.45) is -0.615. The summed E-state index contributed by atoms with van der Waals surface area (Å²) in [6, 6.07) is 5.65. The van der Waals surface area contributed by atoms with Gasteiger partial charge in [0.15, 0.2) is 6.61 Å². The molecule has 7 nitrogen and oxygen atoms in total. The van der Waals surface area contributed by atoms with Crippen molar-refractivity contribution in [2.75, 3.05) is 23.8 Å². The summed E-state index contributed by atoms with van der Waals surface area (Å²) in [6.45, 7) is -1.30. The Morgan fingerprint density at radius 2 is 1.81 bits per heavy atom. The number of carbonyl (C=O) groups excluding carboxylic acids is 1. The van der Waals surface area contributed by atoms with E-state index in [1.54, 1.807) is 0 Å². The summed E-state index contributed by atoms with van der Waals surface area (Å²) in [7, 11) is 0. The second-order valence-electron chi connectivity index (χ2n) is 6.45. The number of anilines is 2. The van der Waals surface area contributed by atoms with Crippen LogP contribution in [0.5, 0.6) is 5.75 Å². The van der Waals surface area contributed by atoms with Gasteiger partial charge in [0.25, 0.3) is 5.91 Å². The van der Waals surface area contributed by atoms with Gasteiger partial charge in [0.2, 0.25) is 5.95 Å². The lowest BCUT2D eigenvalue weighted by Crippen LogP contribution is -2.21. The highest BCUT2D eigenvalue weighted by Gasteiger charge is 2.29. The standard InChI is InChI=1S/C20H16F5N5O2/c21-13-7-12(8-14(22)9-13)1-5-27-19-28-6-2-15(30-19)18(31)29-16-10-26-4-3-17(16)32-11-20(23,24)25/h2-4,6-10H,1,5,11H2,(H,29,31)(H,27,28,30). The van der Waals surface area contributed by atoms with Crippen LogP contribution in [0, 0.1) is 11.6 Å². The van der Waals surface area contributed by atoms with Crippen LogP contribution in [-0.4, -0.2) is 40.2 Å². The molecule has 3 rings (SSSR count). The van der Waals surface area contributed by atoms with E-state index in [0.29, 0.717) is 5.56 Å². The first-order valence-corrected chi connectivity index (χ1v) is 9.16. The summed E-state index contributed by atoms with van der Waals surface area (Å²) in [4.78, 5) is 24.2. The van der Waals surface area contributed by atoms with Crippen LogP contribution in [0.2, 0.25) is 0 Å². The number of hydrogen-bond donors (Lipinski definition) is 2. The first-order valence-electron chi connectivity index (χ1n) is 9.16. The van der Waals surface area contributed by atoms with Crippen molar-refractivity contribution in [1.29, 1.82) is 0 Å². The maximum absolute atomic E-state index is 13.2. The number of amides is 1. The quantitative estimate of drug-likeness (QED) is 0.502.